The average molecular weight is 622 g/mol. The fourth-order valence-corrected chi connectivity index (χ4v) is 6.40. The molecule has 2 atom stereocenters. The number of carbonyl (C=O) groups excluding carboxylic acids is 5. The van der Waals surface area contributed by atoms with Crippen LogP contribution in [0.2, 0.25) is 0 Å². The first-order chi connectivity index (χ1) is 21.2. The molecule has 2 saturated carbocycles. The zero-order valence-electron chi connectivity index (χ0n) is 23.5. The maximum atomic E-state index is 13.9. The first kappa shape index (κ1) is 28.3. The second kappa shape index (κ2) is 11.2. The van der Waals surface area contributed by atoms with Gasteiger partial charge in [-0.3, -0.25) is 10.1 Å². The van der Waals surface area contributed by atoms with Crippen LogP contribution in [0.3, 0.4) is 0 Å². The molecule has 1 aromatic carbocycles. The number of likely N-dealkylation sites (tertiary alicyclic amines) is 1. The Morgan fingerprint density at radius 1 is 0.818 bits per heavy atom. The lowest BCUT2D eigenvalue weighted by Gasteiger charge is -2.32. The van der Waals surface area contributed by atoms with E-state index in [1.54, 1.807) is 6.92 Å². The van der Waals surface area contributed by atoms with Crippen LogP contribution in [0.4, 0.5) is 5.13 Å². The lowest BCUT2D eigenvalue weighted by Crippen LogP contribution is -2.44. The molecule has 4 heterocycles. The Balaban J connectivity index is 1.32. The van der Waals surface area contributed by atoms with Crippen molar-refractivity contribution in [2.75, 3.05) is 18.4 Å². The van der Waals surface area contributed by atoms with E-state index in [4.69, 9.17) is 18.9 Å². The maximum Gasteiger partial charge on any atom is 0.336 e. The molecule has 1 saturated heterocycles. The van der Waals surface area contributed by atoms with Crippen LogP contribution in [-0.2, 0) is 19.2 Å². The second-order valence-corrected chi connectivity index (χ2v) is 12.4. The lowest BCUT2D eigenvalue weighted by atomic mass is 9.99. The van der Waals surface area contributed by atoms with Crippen molar-refractivity contribution in [2.24, 2.45) is 0 Å². The van der Waals surface area contributed by atoms with Crippen molar-refractivity contribution < 1.29 is 42.9 Å². The number of nitrogens with zero attached hydrogens (tertiary/aromatic N) is 3. The molecular weight excluding hydrogens is 594 g/mol. The molecule has 1 aromatic heterocycles. The molecular formula is C29H27N5O9S. The van der Waals surface area contributed by atoms with Gasteiger partial charge in [0.15, 0.2) is 17.2 Å². The number of piperidine rings is 1. The van der Waals surface area contributed by atoms with E-state index in [0.29, 0.717) is 17.5 Å². The van der Waals surface area contributed by atoms with Gasteiger partial charge >= 0.3 is 23.9 Å². The number of esters is 4. The summed E-state index contributed by atoms with van der Waals surface area (Å²) in [6.07, 6.45) is 8.36. The van der Waals surface area contributed by atoms with Gasteiger partial charge in [0, 0.05) is 53.9 Å². The van der Waals surface area contributed by atoms with E-state index in [-0.39, 0.29) is 34.3 Å². The van der Waals surface area contributed by atoms with Crippen molar-refractivity contribution in [3.05, 3.63) is 40.4 Å². The van der Waals surface area contributed by atoms with Crippen LogP contribution in [-0.4, -0.2) is 76.1 Å². The monoisotopic (exact) mass is 621 g/mol. The number of hydrogen-bond acceptors (Lipinski definition) is 14. The molecule has 3 aliphatic heterocycles. The first-order valence-electron chi connectivity index (χ1n) is 14.3. The van der Waals surface area contributed by atoms with Crippen molar-refractivity contribution >= 4 is 46.3 Å². The van der Waals surface area contributed by atoms with E-state index in [9.17, 15) is 24.0 Å². The Morgan fingerprint density at radius 3 is 2.00 bits per heavy atom. The fraction of sp³-hybridized carbons (Fsp3) is 0.414. The van der Waals surface area contributed by atoms with Gasteiger partial charge < -0.3 is 29.2 Å². The Hall–Kier alpha value is -4.47. The summed E-state index contributed by atoms with van der Waals surface area (Å²) in [7, 11) is 0. The first-order valence-corrected chi connectivity index (χ1v) is 15.1. The highest BCUT2D eigenvalue weighted by Crippen LogP contribution is 2.58. The molecule has 2 aromatic rings. The van der Waals surface area contributed by atoms with Gasteiger partial charge in [0.25, 0.3) is 5.91 Å². The Kier molecular flexibility index (Phi) is 7.22. The van der Waals surface area contributed by atoms with Crippen LogP contribution in [0.1, 0.15) is 59.0 Å². The van der Waals surface area contributed by atoms with Gasteiger partial charge in [0.2, 0.25) is 10.9 Å². The molecule has 228 valence electrons. The fourth-order valence-electron chi connectivity index (χ4n) is 5.81. The van der Waals surface area contributed by atoms with Crippen molar-refractivity contribution in [1.29, 1.82) is 0 Å². The topological polar surface area (TPSA) is 175 Å². The molecule has 0 radical (unpaired) electrons. The number of benzene rings is 1. The van der Waals surface area contributed by atoms with E-state index in [0.717, 1.165) is 61.6 Å². The Bertz CT molecular complexity index is 1650. The molecule has 15 heteroatoms. The third-order valence-corrected chi connectivity index (χ3v) is 8.81. The minimum absolute atomic E-state index is 0.123. The van der Waals surface area contributed by atoms with Crippen molar-refractivity contribution in [3.63, 3.8) is 0 Å². The summed E-state index contributed by atoms with van der Waals surface area (Å²) in [6, 6.07) is 0.819. The van der Waals surface area contributed by atoms with Gasteiger partial charge in [0.1, 0.15) is 10.6 Å². The van der Waals surface area contributed by atoms with Crippen molar-refractivity contribution in [2.45, 2.75) is 63.1 Å². The summed E-state index contributed by atoms with van der Waals surface area (Å²) in [4.78, 5) is 67.3. The van der Waals surface area contributed by atoms with Crippen LogP contribution in [0.25, 0.3) is 0 Å². The largest absolute Gasteiger partial charge is 0.422 e. The van der Waals surface area contributed by atoms with Crippen LogP contribution < -0.4 is 29.6 Å². The number of ether oxygens (including phenoxy) is 4. The molecule has 5 aliphatic rings. The highest BCUT2D eigenvalue weighted by atomic mass is 32.1. The van der Waals surface area contributed by atoms with Gasteiger partial charge in [-0.1, -0.05) is 11.3 Å². The molecule has 3 fully saturated rings. The number of rotatable bonds is 6. The molecule has 0 spiro atoms. The lowest BCUT2D eigenvalue weighted by molar-refractivity contribution is -0.134. The minimum atomic E-state index is -1.01. The number of amides is 1. The molecule has 1 amide bonds. The number of hydrogen-bond donors (Lipinski definition) is 2. The third-order valence-electron chi connectivity index (χ3n) is 8.05. The van der Waals surface area contributed by atoms with Crippen molar-refractivity contribution in [1.82, 2.24) is 20.4 Å². The number of nitrogens with one attached hydrogen (secondary N) is 2. The van der Waals surface area contributed by atoms with E-state index in [1.807, 2.05) is 0 Å². The van der Waals surface area contributed by atoms with Crippen LogP contribution in [0, 0.1) is 6.92 Å². The molecule has 2 aliphatic carbocycles. The molecule has 14 nitrogen and oxygen atoms in total. The molecule has 7 rings (SSSR count). The summed E-state index contributed by atoms with van der Waals surface area (Å²) in [5, 5.41) is 14.7. The van der Waals surface area contributed by atoms with E-state index < -0.39 is 52.8 Å². The average Bonchev–Trinajstić information content (AvgIpc) is 3.91. The van der Waals surface area contributed by atoms with Crippen LogP contribution >= 0.6 is 11.3 Å². The third kappa shape index (κ3) is 5.73. The predicted octanol–water partition coefficient (Wildman–Crippen LogP) is 1.93. The highest BCUT2D eigenvalue weighted by Gasteiger charge is 2.48. The number of carbonyl (C=O) groups is 5. The Morgan fingerprint density at radius 2 is 1.41 bits per heavy atom. The van der Waals surface area contributed by atoms with Gasteiger partial charge in [-0.05, 0) is 52.1 Å². The second-order valence-electron chi connectivity index (χ2n) is 11.2. The summed E-state index contributed by atoms with van der Waals surface area (Å²) in [5.74, 6) is -6.79. The molecule has 44 heavy (non-hydrogen) atoms. The van der Waals surface area contributed by atoms with Gasteiger partial charge in [-0.25, -0.2) is 19.2 Å². The zero-order chi connectivity index (χ0) is 30.5. The SMILES string of the molecule is Cc1nnc(NC(=O)c2c3c(c4c(C5CC5NC5CCN(C6CC6)CC5)c2OC(=O)/C=C/C(=O)O4)OC(=O)/C=C/C(=O)O3)s1. The number of anilines is 1. The molecule has 2 N–H and O–H groups in total. The van der Waals surface area contributed by atoms with Crippen LogP contribution in [0.5, 0.6) is 23.0 Å². The predicted molar refractivity (Wildman–Crippen MR) is 152 cm³/mol. The maximum absolute atomic E-state index is 13.9. The van der Waals surface area contributed by atoms with Crippen molar-refractivity contribution in [3.8, 4) is 23.0 Å². The van der Waals surface area contributed by atoms with Crippen LogP contribution in [0.15, 0.2) is 24.3 Å². The Labute approximate surface area is 254 Å². The summed E-state index contributed by atoms with van der Waals surface area (Å²) in [6.45, 7) is 3.70. The number of aromatic nitrogens is 2. The normalized spacial score (nSPS) is 25.0. The standard InChI is InChI=1S/C29H27N5O9S/c1-13-32-33-29(44-13)31-28(39)23-24-22(16-12-17(16)30-14-8-10-34(11-9-14)15-2-3-15)25(41-19(36)5-4-18(35)40-24)27-26(23)42-20(37)6-7-21(38)43-27/h4-7,14-17,30H,2-3,8-12H2,1H3,(H,31,33,39)/b5-4+,7-6+. The van der Waals surface area contributed by atoms with Gasteiger partial charge in [-0.2, -0.15) is 0 Å². The summed E-state index contributed by atoms with van der Waals surface area (Å²) >= 11 is 1.09. The summed E-state index contributed by atoms with van der Waals surface area (Å²) < 4.78 is 22.3. The molecule has 2 bridgehead atoms. The van der Waals surface area contributed by atoms with E-state index in [1.165, 1.54) is 12.8 Å². The highest BCUT2D eigenvalue weighted by molar-refractivity contribution is 7.15. The van der Waals surface area contributed by atoms with E-state index >= 15 is 0 Å². The quantitative estimate of drug-likeness (QED) is 0.354. The summed E-state index contributed by atoms with van der Waals surface area (Å²) in [5.41, 5.74) is -0.250. The van der Waals surface area contributed by atoms with Gasteiger partial charge in [0.05, 0.1) is 0 Å². The van der Waals surface area contributed by atoms with Gasteiger partial charge in [-0.15, -0.1) is 10.2 Å². The number of fused-ring (bicyclic) bond motifs is 4. The minimum Gasteiger partial charge on any atom is -0.422 e. The zero-order valence-corrected chi connectivity index (χ0v) is 24.3. The van der Waals surface area contributed by atoms with E-state index in [2.05, 4.69) is 25.7 Å². The molecule has 2 unspecified atom stereocenters. The smallest absolute Gasteiger partial charge is 0.336 e. The number of aryl methyl sites for hydroxylation is 1.